The Labute approximate surface area is 137 Å². The number of halogens is 1. The van der Waals surface area contributed by atoms with Crippen molar-refractivity contribution in [1.82, 2.24) is 10.6 Å². The van der Waals surface area contributed by atoms with Gasteiger partial charge in [0.1, 0.15) is 11.5 Å². The second-order valence-corrected chi connectivity index (χ2v) is 4.89. The highest BCUT2D eigenvalue weighted by molar-refractivity contribution is 6.34. The number of amides is 2. The molecule has 0 aliphatic heterocycles. The Morgan fingerprint density at radius 2 is 2.00 bits per heavy atom. The number of rotatable bonds is 6. The molecule has 0 unspecified atom stereocenters. The van der Waals surface area contributed by atoms with Gasteiger partial charge in [0.15, 0.2) is 0 Å². The molecule has 0 aliphatic rings. The van der Waals surface area contributed by atoms with Crippen molar-refractivity contribution >= 4 is 29.5 Å². The van der Waals surface area contributed by atoms with Gasteiger partial charge in [-0.1, -0.05) is 23.7 Å². The van der Waals surface area contributed by atoms with Crippen molar-refractivity contribution in [2.24, 2.45) is 0 Å². The maximum atomic E-state index is 12.3. The summed E-state index contributed by atoms with van der Waals surface area (Å²) >= 11 is 5.98. The summed E-state index contributed by atoms with van der Waals surface area (Å²) in [6.45, 7) is -0.144. The molecule has 3 N–H and O–H groups in total. The highest BCUT2D eigenvalue weighted by Gasteiger charge is 2.16. The lowest BCUT2D eigenvalue weighted by Gasteiger charge is -2.10. The summed E-state index contributed by atoms with van der Waals surface area (Å²) < 4.78 is 5.15. The van der Waals surface area contributed by atoms with Gasteiger partial charge < -0.3 is 20.2 Å². The number of carbonyl (C=O) groups excluding carboxylic acids is 2. The number of furan rings is 1. The first kappa shape index (κ1) is 16.8. The van der Waals surface area contributed by atoms with Crippen molar-refractivity contribution in [3.63, 3.8) is 0 Å². The average Bonchev–Trinajstić information content (AvgIpc) is 3.05. The summed E-state index contributed by atoms with van der Waals surface area (Å²) in [4.78, 5) is 24.4. The van der Waals surface area contributed by atoms with Crippen molar-refractivity contribution in [2.75, 3.05) is 13.2 Å². The molecule has 0 saturated carbocycles. The molecule has 23 heavy (non-hydrogen) atoms. The van der Waals surface area contributed by atoms with Crippen LogP contribution in [0.4, 0.5) is 0 Å². The topological polar surface area (TPSA) is 91.6 Å². The third-order valence-corrected chi connectivity index (χ3v) is 3.17. The van der Waals surface area contributed by atoms with Gasteiger partial charge in [-0.15, -0.1) is 0 Å². The van der Waals surface area contributed by atoms with E-state index < -0.39 is 11.8 Å². The largest absolute Gasteiger partial charge is 0.465 e. The van der Waals surface area contributed by atoms with Gasteiger partial charge in [0, 0.05) is 12.6 Å². The number of aliphatic hydroxyl groups is 1. The van der Waals surface area contributed by atoms with Crippen LogP contribution >= 0.6 is 11.6 Å². The minimum absolute atomic E-state index is 0.0154. The Morgan fingerprint density at radius 3 is 2.65 bits per heavy atom. The predicted octanol–water partition coefficient (Wildman–Crippen LogP) is 1.81. The van der Waals surface area contributed by atoms with Crippen molar-refractivity contribution < 1.29 is 19.1 Å². The molecule has 6 nitrogen and oxygen atoms in total. The van der Waals surface area contributed by atoms with Crippen molar-refractivity contribution in [1.29, 1.82) is 0 Å². The minimum atomic E-state index is -0.546. The van der Waals surface area contributed by atoms with Gasteiger partial charge in [-0.25, -0.2) is 0 Å². The number of benzene rings is 1. The van der Waals surface area contributed by atoms with Crippen LogP contribution < -0.4 is 10.6 Å². The van der Waals surface area contributed by atoms with E-state index in [1.165, 1.54) is 12.3 Å². The van der Waals surface area contributed by atoms with E-state index in [0.717, 1.165) is 0 Å². The van der Waals surface area contributed by atoms with Crippen molar-refractivity contribution in [3.05, 3.63) is 64.7 Å². The Bertz CT molecular complexity index is 711. The van der Waals surface area contributed by atoms with E-state index >= 15 is 0 Å². The molecule has 2 aromatic rings. The van der Waals surface area contributed by atoms with Crippen LogP contribution in [0.1, 0.15) is 16.1 Å². The Balaban J connectivity index is 2.22. The molecule has 2 amide bonds. The SMILES string of the molecule is O=C(NCCO)C(=Cc1ccco1)NC(=O)c1ccccc1Cl. The molecule has 2 rings (SSSR count). The fourth-order valence-corrected chi connectivity index (χ4v) is 2.00. The van der Waals surface area contributed by atoms with E-state index in [1.807, 2.05) is 0 Å². The summed E-state index contributed by atoms with van der Waals surface area (Å²) in [6, 6.07) is 9.80. The number of aliphatic hydroxyl groups excluding tert-OH is 1. The molecule has 1 aromatic heterocycles. The molecule has 0 spiro atoms. The standard InChI is InChI=1S/C16H15ClN2O4/c17-13-6-2-1-5-12(13)15(21)19-14(16(22)18-7-8-20)10-11-4-3-9-23-11/h1-6,9-10,20H,7-8H2,(H,18,22)(H,19,21). The lowest BCUT2D eigenvalue weighted by Crippen LogP contribution is -2.36. The van der Waals surface area contributed by atoms with E-state index in [-0.39, 0.29) is 29.4 Å². The van der Waals surface area contributed by atoms with Crippen LogP contribution in [0.5, 0.6) is 0 Å². The quantitative estimate of drug-likeness (QED) is 0.703. The third-order valence-electron chi connectivity index (χ3n) is 2.84. The first-order valence-electron chi connectivity index (χ1n) is 6.82. The van der Waals surface area contributed by atoms with E-state index in [1.54, 1.807) is 36.4 Å². The summed E-state index contributed by atoms with van der Waals surface area (Å²) in [6.07, 6.45) is 2.84. The zero-order chi connectivity index (χ0) is 16.7. The molecule has 0 fully saturated rings. The fraction of sp³-hybridized carbons (Fsp3) is 0.125. The summed E-state index contributed by atoms with van der Waals surface area (Å²) in [5.74, 6) is -0.665. The molecule has 1 aromatic carbocycles. The van der Waals surface area contributed by atoms with Crippen LogP contribution in [0.3, 0.4) is 0 Å². The van der Waals surface area contributed by atoms with E-state index in [4.69, 9.17) is 21.1 Å². The summed E-state index contributed by atoms with van der Waals surface area (Å²) in [5.41, 5.74) is 0.229. The van der Waals surface area contributed by atoms with E-state index in [0.29, 0.717) is 5.76 Å². The van der Waals surface area contributed by atoms with Crippen molar-refractivity contribution in [2.45, 2.75) is 0 Å². The number of nitrogens with one attached hydrogen (secondary N) is 2. The lowest BCUT2D eigenvalue weighted by molar-refractivity contribution is -0.117. The van der Waals surface area contributed by atoms with Gasteiger partial charge >= 0.3 is 0 Å². The normalized spacial score (nSPS) is 11.1. The molecule has 0 radical (unpaired) electrons. The van der Waals surface area contributed by atoms with E-state index in [2.05, 4.69) is 10.6 Å². The molecule has 7 heteroatoms. The molecule has 120 valence electrons. The lowest BCUT2D eigenvalue weighted by atomic mass is 10.2. The molecule has 0 bridgehead atoms. The van der Waals surface area contributed by atoms with Crippen LogP contribution in [0.2, 0.25) is 5.02 Å². The predicted molar refractivity (Wildman–Crippen MR) is 85.7 cm³/mol. The van der Waals surface area contributed by atoms with Gasteiger partial charge in [-0.2, -0.15) is 0 Å². The first-order valence-corrected chi connectivity index (χ1v) is 7.19. The molecule has 1 heterocycles. The highest BCUT2D eigenvalue weighted by Crippen LogP contribution is 2.15. The monoisotopic (exact) mass is 334 g/mol. The Kier molecular flexibility index (Phi) is 5.96. The highest BCUT2D eigenvalue weighted by atomic mass is 35.5. The van der Waals surface area contributed by atoms with Crippen LogP contribution in [0.25, 0.3) is 6.08 Å². The second kappa shape index (κ2) is 8.17. The summed E-state index contributed by atoms with van der Waals surface area (Å²) in [5, 5.41) is 14.0. The zero-order valence-corrected chi connectivity index (χ0v) is 12.8. The molecule has 0 aliphatic carbocycles. The maximum Gasteiger partial charge on any atom is 0.268 e. The van der Waals surface area contributed by atoms with Crippen LogP contribution in [0, 0.1) is 0 Å². The maximum absolute atomic E-state index is 12.3. The van der Waals surface area contributed by atoms with Crippen molar-refractivity contribution in [3.8, 4) is 0 Å². The number of hydrogen-bond donors (Lipinski definition) is 3. The molecular weight excluding hydrogens is 320 g/mol. The van der Waals surface area contributed by atoms with Gasteiger partial charge in [0.05, 0.1) is 23.5 Å². The molecule has 0 atom stereocenters. The van der Waals surface area contributed by atoms with Gasteiger partial charge in [0.2, 0.25) is 0 Å². The Hall–Kier alpha value is -2.57. The second-order valence-electron chi connectivity index (χ2n) is 4.49. The Morgan fingerprint density at radius 1 is 1.22 bits per heavy atom. The van der Waals surface area contributed by atoms with E-state index in [9.17, 15) is 9.59 Å². The van der Waals surface area contributed by atoms with Crippen LogP contribution in [-0.2, 0) is 4.79 Å². The van der Waals surface area contributed by atoms with Gasteiger partial charge in [-0.3, -0.25) is 9.59 Å². The fourth-order valence-electron chi connectivity index (χ4n) is 1.77. The first-order chi connectivity index (χ1) is 11.1. The number of hydrogen-bond acceptors (Lipinski definition) is 4. The third kappa shape index (κ3) is 4.70. The zero-order valence-electron chi connectivity index (χ0n) is 12.1. The molecule has 0 saturated heterocycles. The minimum Gasteiger partial charge on any atom is -0.465 e. The average molecular weight is 335 g/mol. The number of carbonyl (C=O) groups is 2. The summed E-state index contributed by atoms with van der Waals surface area (Å²) in [7, 11) is 0. The van der Waals surface area contributed by atoms with Gasteiger partial charge in [-0.05, 0) is 24.3 Å². The molecular formula is C16H15ClN2O4. The van der Waals surface area contributed by atoms with Gasteiger partial charge in [0.25, 0.3) is 11.8 Å². The van der Waals surface area contributed by atoms with Crippen LogP contribution in [0.15, 0.2) is 52.8 Å². The van der Waals surface area contributed by atoms with Crippen LogP contribution in [-0.4, -0.2) is 30.1 Å². The smallest absolute Gasteiger partial charge is 0.268 e.